The molecule has 4 rings (SSSR count). The van der Waals surface area contributed by atoms with Gasteiger partial charge in [0.2, 0.25) is 6.29 Å². The van der Waals surface area contributed by atoms with Gasteiger partial charge in [-0.1, -0.05) is 42.5 Å². The molecular formula is C22H21FO4. The first-order chi connectivity index (χ1) is 13.2. The minimum Gasteiger partial charge on any atom is -0.461 e. The van der Waals surface area contributed by atoms with Gasteiger partial charge in [0.25, 0.3) is 0 Å². The van der Waals surface area contributed by atoms with Crippen molar-refractivity contribution < 1.29 is 23.4 Å². The van der Waals surface area contributed by atoms with Gasteiger partial charge in [0.05, 0.1) is 13.0 Å². The average molecular weight is 368 g/mol. The van der Waals surface area contributed by atoms with Gasteiger partial charge in [-0.25, -0.2) is 4.39 Å². The van der Waals surface area contributed by atoms with Gasteiger partial charge in [-0.3, -0.25) is 4.79 Å². The van der Waals surface area contributed by atoms with Gasteiger partial charge in [0.15, 0.2) is 0 Å². The zero-order valence-electron chi connectivity index (χ0n) is 14.9. The third-order valence-electron chi connectivity index (χ3n) is 4.82. The van der Waals surface area contributed by atoms with Crippen LogP contribution in [0.25, 0.3) is 0 Å². The van der Waals surface area contributed by atoms with Crippen LogP contribution in [0.5, 0.6) is 5.75 Å². The average Bonchev–Trinajstić information content (AvgIpc) is 3.19. The van der Waals surface area contributed by atoms with Gasteiger partial charge in [-0.2, -0.15) is 0 Å². The van der Waals surface area contributed by atoms with Crippen molar-refractivity contribution in [2.24, 2.45) is 5.92 Å². The summed E-state index contributed by atoms with van der Waals surface area (Å²) >= 11 is 0. The van der Waals surface area contributed by atoms with Crippen LogP contribution >= 0.6 is 0 Å². The van der Waals surface area contributed by atoms with E-state index < -0.39 is 12.1 Å². The van der Waals surface area contributed by atoms with Gasteiger partial charge in [0, 0.05) is 16.7 Å². The topological polar surface area (TPSA) is 44.8 Å². The summed E-state index contributed by atoms with van der Waals surface area (Å²) in [6.45, 7) is 0.220. The highest BCUT2D eigenvalue weighted by Crippen LogP contribution is 2.37. The van der Waals surface area contributed by atoms with Crippen LogP contribution in [-0.2, 0) is 27.5 Å². The maximum Gasteiger partial charge on any atom is 0.306 e. The lowest BCUT2D eigenvalue weighted by molar-refractivity contribution is -0.146. The molecule has 0 aromatic heterocycles. The Balaban J connectivity index is 1.47. The van der Waals surface area contributed by atoms with Crippen LogP contribution in [0.1, 0.15) is 42.2 Å². The summed E-state index contributed by atoms with van der Waals surface area (Å²) in [6.07, 6.45) is 5.90. The molecule has 0 N–H and O–H groups in total. The summed E-state index contributed by atoms with van der Waals surface area (Å²) in [5.74, 6) is 0.0937. The first kappa shape index (κ1) is 17.7. The van der Waals surface area contributed by atoms with Gasteiger partial charge in [-0.15, -0.1) is 0 Å². The smallest absolute Gasteiger partial charge is 0.306 e. The number of hydrogen-bond donors (Lipinski definition) is 0. The summed E-state index contributed by atoms with van der Waals surface area (Å²) in [5, 5.41) is 0. The Morgan fingerprint density at radius 3 is 2.85 bits per heavy atom. The van der Waals surface area contributed by atoms with Crippen molar-refractivity contribution in [3.8, 4) is 5.75 Å². The molecule has 2 aliphatic rings. The van der Waals surface area contributed by atoms with Crippen LogP contribution in [0, 0.1) is 11.7 Å². The zero-order chi connectivity index (χ0) is 18.6. The summed E-state index contributed by atoms with van der Waals surface area (Å²) < 4.78 is 31.0. The van der Waals surface area contributed by atoms with Crippen LogP contribution in [0.4, 0.5) is 4.39 Å². The van der Waals surface area contributed by atoms with E-state index >= 15 is 0 Å². The van der Waals surface area contributed by atoms with E-state index in [-0.39, 0.29) is 25.1 Å². The number of carbonyl (C=O) groups excluding carboxylic acids is 1. The zero-order valence-corrected chi connectivity index (χ0v) is 14.9. The highest BCUT2D eigenvalue weighted by atomic mass is 19.1. The van der Waals surface area contributed by atoms with Crippen LogP contribution < -0.4 is 4.74 Å². The summed E-state index contributed by atoms with van der Waals surface area (Å²) in [4.78, 5) is 12.1. The largest absolute Gasteiger partial charge is 0.461 e. The number of carbonyl (C=O) groups is 1. The summed E-state index contributed by atoms with van der Waals surface area (Å²) in [7, 11) is 0. The Morgan fingerprint density at radius 1 is 1.22 bits per heavy atom. The molecule has 2 aromatic rings. The van der Waals surface area contributed by atoms with Crippen molar-refractivity contribution >= 4 is 5.97 Å². The third-order valence-corrected chi connectivity index (χ3v) is 4.82. The van der Waals surface area contributed by atoms with Crippen LogP contribution in [0.15, 0.2) is 54.6 Å². The molecule has 0 radical (unpaired) electrons. The molecule has 2 aromatic carbocycles. The number of rotatable bonds is 5. The molecule has 0 saturated heterocycles. The second-order valence-corrected chi connectivity index (χ2v) is 6.86. The Bertz CT molecular complexity index is 847. The number of fused-ring (bicyclic) bond motifs is 1. The van der Waals surface area contributed by atoms with Crippen molar-refractivity contribution in [2.75, 3.05) is 0 Å². The van der Waals surface area contributed by atoms with E-state index in [0.717, 1.165) is 18.4 Å². The molecule has 27 heavy (non-hydrogen) atoms. The quantitative estimate of drug-likeness (QED) is 0.560. The molecule has 0 bridgehead atoms. The Labute approximate surface area is 157 Å². The standard InChI is InChI=1S/C22H21FO4/c23-19-11-17(13-25-20(24)10-15-6-4-5-7-15)21-18(12-19)14-26-22(27-21)16-8-2-1-3-9-16/h1-4,6,8-9,11-12,15,22H,5,7,10,13-14H2/t15-,22-/m0/s1. The van der Waals surface area contributed by atoms with Crippen molar-refractivity contribution in [3.63, 3.8) is 0 Å². The van der Waals surface area contributed by atoms with E-state index in [0.29, 0.717) is 23.3 Å². The molecule has 0 saturated carbocycles. The van der Waals surface area contributed by atoms with E-state index in [9.17, 15) is 9.18 Å². The first-order valence-electron chi connectivity index (χ1n) is 9.16. The highest BCUT2D eigenvalue weighted by Gasteiger charge is 2.26. The third kappa shape index (κ3) is 4.19. The molecule has 4 nitrogen and oxygen atoms in total. The monoisotopic (exact) mass is 368 g/mol. The van der Waals surface area contributed by atoms with Crippen molar-refractivity contribution in [1.82, 2.24) is 0 Å². The lowest BCUT2D eigenvalue weighted by Crippen LogP contribution is -2.20. The predicted octanol–water partition coefficient (Wildman–Crippen LogP) is 4.83. The van der Waals surface area contributed by atoms with Crippen LogP contribution in [0.3, 0.4) is 0 Å². The molecule has 1 heterocycles. The van der Waals surface area contributed by atoms with E-state index in [2.05, 4.69) is 12.2 Å². The maximum absolute atomic E-state index is 14.0. The van der Waals surface area contributed by atoms with Gasteiger partial charge in [-0.05, 0) is 30.9 Å². The number of ether oxygens (including phenoxy) is 3. The highest BCUT2D eigenvalue weighted by molar-refractivity contribution is 5.70. The molecule has 0 spiro atoms. The van der Waals surface area contributed by atoms with Crippen molar-refractivity contribution in [1.29, 1.82) is 0 Å². The number of benzene rings is 2. The second kappa shape index (κ2) is 7.92. The predicted molar refractivity (Wildman–Crippen MR) is 97.3 cm³/mol. The first-order valence-corrected chi connectivity index (χ1v) is 9.16. The molecule has 0 unspecified atom stereocenters. The van der Waals surface area contributed by atoms with E-state index in [1.165, 1.54) is 12.1 Å². The fourth-order valence-corrected chi connectivity index (χ4v) is 3.46. The maximum atomic E-state index is 14.0. The Hall–Kier alpha value is -2.66. The summed E-state index contributed by atoms with van der Waals surface area (Å²) in [6, 6.07) is 12.3. The molecule has 5 heteroatoms. The van der Waals surface area contributed by atoms with E-state index in [1.54, 1.807) is 0 Å². The molecule has 140 valence electrons. The minimum absolute atomic E-state index is 0.0170. The number of halogens is 1. The lowest BCUT2D eigenvalue weighted by Gasteiger charge is -2.28. The molecule has 0 fully saturated rings. The molecule has 0 amide bonds. The lowest BCUT2D eigenvalue weighted by atomic mass is 10.1. The minimum atomic E-state index is -0.567. The molecule has 1 aliphatic carbocycles. The second-order valence-electron chi connectivity index (χ2n) is 6.86. The van der Waals surface area contributed by atoms with Gasteiger partial charge >= 0.3 is 5.97 Å². The Morgan fingerprint density at radius 2 is 2.07 bits per heavy atom. The SMILES string of the molecule is O=C(C[C@H]1C=CCC1)OCc1cc(F)cc2c1O[C@@H](c1ccccc1)OC2. The molecule has 2 atom stereocenters. The number of allylic oxidation sites excluding steroid dienone is 2. The normalized spacial score (nSPS) is 20.8. The fraction of sp³-hybridized carbons (Fsp3) is 0.318. The fourth-order valence-electron chi connectivity index (χ4n) is 3.46. The molecular weight excluding hydrogens is 347 g/mol. The van der Waals surface area contributed by atoms with Crippen molar-refractivity contribution in [3.05, 3.63) is 77.1 Å². The summed E-state index contributed by atoms with van der Waals surface area (Å²) in [5.41, 5.74) is 2.01. The molecule has 1 aliphatic heterocycles. The van der Waals surface area contributed by atoms with Crippen LogP contribution in [0.2, 0.25) is 0 Å². The van der Waals surface area contributed by atoms with Gasteiger partial charge in [0.1, 0.15) is 18.2 Å². The number of hydrogen-bond acceptors (Lipinski definition) is 4. The van der Waals surface area contributed by atoms with E-state index in [4.69, 9.17) is 14.2 Å². The van der Waals surface area contributed by atoms with Crippen molar-refractivity contribution in [2.45, 2.75) is 38.8 Å². The Kier molecular flexibility index (Phi) is 5.21. The number of esters is 1. The van der Waals surface area contributed by atoms with Gasteiger partial charge < -0.3 is 14.2 Å². The van der Waals surface area contributed by atoms with E-state index in [1.807, 2.05) is 30.3 Å². The van der Waals surface area contributed by atoms with Crippen LogP contribution in [-0.4, -0.2) is 5.97 Å².